The molecule has 1 aliphatic heterocycles. The van der Waals surface area contributed by atoms with Gasteiger partial charge in [-0.3, -0.25) is 4.79 Å². The van der Waals surface area contributed by atoms with Crippen LogP contribution >= 0.6 is 11.6 Å². The number of carbonyl (C=O) groups is 2. The molecule has 1 unspecified atom stereocenters. The van der Waals surface area contributed by atoms with E-state index in [1.807, 2.05) is 6.07 Å². The highest BCUT2D eigenvalue weighted by Gasteiger charge is 2.30. The zero-order valence-corrected chi connectivity index (χ0v) is 12.8. The Morgan fingerprint density at radius 3 is 2.74 bits per heavy atom. The molecule has 7 heteroatoms. The molecule has 1 atom stereocenters. The van der Waals surface area contributed by atoms with Crippen molar-refractivity contribution >= 4 is 23.5 Å². The minimum atomic E-state index is -1.08. The van der Waals surface area contributed by atoms with Gasteiger partial charge in [0.05, 0.1) is 18.2 Å². The fraction of sp³-hybridized carbons (Fsp3) is 0.250. The Kier molecular flexibility index (Phi) is 4.36. The van der Waals surface area contributed by atoms with Gasteiger partial charge >= 0.3 is 5.97 Å². The second kappa shape index (κ2) is 6.44. The second-order valence-corrected chi connectivity index (χ2v) is 5.50. The van der Waals surface area contributed by atoms with Gasteiger partial charge in [0, 0.05) is 12.1 Å². The van der Waals surface area contributed by atoms with Gasteiger partial charge in [0.25, 0.3) is 5.91 Å². The van der Waals surface area contributed by atoms with E-state index in [0.29, 0.717) is 22.9 Å². The highest BCUT2D eigenvalue weighted by atomic mass is 35.5. The smallest absolute Gasteiger partial charge is 0.334 e. The fourth-order valence-corrected chi connectivity index (χ4v) is 2.63. The molecule has 0 bridgehead atoms. The van der Waals surface area contributed by atoms with Crippen LogP contribution in [-0.2, 0) is 9.53 Å². The van der Waals surface area contributed by atoms with Crippen molar-refractivity contribution in [2.75, 3.05) is 19.7 Å². The summed E-state index contributed by atoms with van der Waals surface area (Å²) in [6.45, 7) is 0.502. The topological polar surface area (TPSA) is 80.0 Å². The van der Waals surface area contributed by atoms with Crippen LogP contribution in [0.1, 0.15) is 10.6 Å². The van der Waals surface area contributed by atoms with Crippen LogP contribution in [0.4, 0.5) is 0 Å². The molecule has 6 nitrogen and oxygen atoms in total. The van der Waals surface area contributed by atoms with E-state index in [0.717, 1.165) is 0 Å². The van der Waals surface area contributed by atoms with E-state index in [4.69, 9.17) is 25.9 Å². The Hall–Kier alpha value is -2.31. The number of hydrogen-bond acceptors (Lipinski definition) is 4. The first kappa shape index (κ1) is 15.6. The first-order chi connectivity index (χ1) is 11.1. The number of amides is 1. The standard InChI is InChI=1S/C16H14ClNO5/c17-11-4-2-1-3-10(11)12-5-6-13(23-12)15(19)18-7-8-22-14(9-18)16(20)21/h1-6,14H,7-9H2,(H,20,21). The van der Waals surface area contributed by atoms with Gasteiger partial charge < -0.3 is 19.2 Å². The van der Waals surface area contributed by atoms with Crippen LogP contribution in [0.2, 0.25) is 5.02 Å². The molecule has 1 aromatic heterocycles. The van der Waals surface area contributed by atoms with Crippen molar-refractivity contribution in [2.45, 2.75) is 6.10 Å². The number of rotatable bonds is 3. The van der Waals surface area contributed by atoms with Crippen LogP contribution < -0.4 is 0 Å². The number of carboxylic acid groups (broad SMARTS) is 1. The van der Waals surface area contributed by atoms with Gasteiger partial charge in [-0.2, -0.15) is 0 Å². The average molecular weight is 336 g/mol. The number of aliphatic carboxylic acids is 1. The molecule has 0 radical (unpaired) electrons. The van der Waals surface area contributed by atoms with Gasteiger partial charge in [-0.1, -0.05) is 23.7 Å². The molecule has 1 saturated heterocycles. The molecule has 0 aliphatic carbocycles. The van der Waals surface area contributed by atoms with Crippen molar-refractivity contribution in [3.8, 4) is 11.3 Å². The Bertz CT molecular complexity index is 742. The normalized spacial score (nSPS) is 18.0. The monoisotopic (exact) mass is 335 g/mol. The van der Waals surface area contributed by atoms with E-state index in [2.05, 4.69) is 0 Å². The SMILES string of the molecule is O=C(O)C1CN(C(=O)c2ccc(-c3ccccc3Cl)o2)CCO1. The molecule has 1 amide bonds. The number of carboxylic acids is 1. The van der Waals surface area contributed by atoms with Gasteiger partial charge in [-0.15, -0.1) is 0 Å². The number of nitrogens with zero attached hydrogens (tertiary/aromatic N) is 1. The lowest BCUT2D eigenvalue weighted by molar-refractivity contribution is -0.154. The number of benzene rings is 1. The van der Waals surface area contributed by atoms with Crippen LogP contribution in [0.15, 0.2) is 40.8 Å². The van der Waals surface area contributed by atoms with Crippen molar-refractivity contribution in [3.63, 3.8) is 0 Å². The molecule has 120 valence electrons. The number of hydrogen-bond donors (Lipinski definition) is 1. The summed E-state index contributed by atoms with van der Waals surface area (Å²) in [5.41, 5.74) is 0.693. The second-order valence-electron chi connectivity index (χ2n) is 5.09. The first-order valence-corrected chi connectivity index (χ1v) is 7.42. The molecular formula is C16H14ClNO5. The van der Waals surface area contributed by atoms with Crippen LogP contribution in [0.3, 0.4) is 0 Å². The third-order valence-electron chi connectivity index (χ3n) is 3.59. The summed E-state index contributed by atoms with van der Waals surface area (Å²) in [7, 11) is 0. The molecule has 1 N–H and O–H groups in total. The zero-order valence-electron chi connectivity index (χ0n) is 12.1. The largest absolute Gasteiger partial charge is 0.479 e. The summed E-state index contributed by atoms with van der Waals surface area (Å²) >= 11 is 6.11. The maximum absolute atomic E-state index is 12.4. The van der Waals surface area contributed by atoms with Crippen LogP contribution in [0.25, 0.3) is 11.3 Å². The van der Waals surface area contributed by atoms with Gasteiger partial charge in [0.1, 0.15) is 5.76 Å². The fourth-order valence-electron chi connectivity index (χ4n) is 2.40. The average Bonchev–Trinajstić information content (AvgIpc) is 3.04. The molecule has 0 saturated carbocycles. The number of carbonyl (C=O) groups excluding carboxylic acids is 1. The highest BCUT2D eigenvalue weighted by molar-refractivity contribution is 6.33. The number of halogens is 1. The molecule has 1 fully saturated rings. The Labute approximate surface area is 137 Å². The quantitative estimate of drug-likeness (QED) is 0.932. The molecule has 2 heterocycles. The molecule has 3 rings (SSSR count). The third-order valence-corrected chi connectivity index (χ3v) is 3.91. The summed E-state index contributed by atoms with van der Waals surface area (Å²) in [4.78, 5) is 24.8. The predicted molar refractivity (Wildman–Crippen MR) is 82.4 cm³/mol. The Morgan fingerprint density at radius 2 is 2.00 bits per heavy atom. The van der Waals surface area contributed by atoms with Crippen molar-refractivity contribution in [3.05, 3.63) is 47.2 Å². The van der Waals surface area contributed by atoms with Gasteiger partial charge in [-0.25, -0.2) is 4.79 Å². The summed E-state index contributed by atoms with van der Waals surface area (Å²) in [6.07, 6.45) is -1.01. The lowest BCUT2D eigenvalue weighted by Gasteiger charge is -2.30. The minimum Gasteiger partial charge on any atom is -0.479 e. The lowest BCUT2D eigenvalue weighted by atomic mass is 10.2. The first-order valence-electron chi connectivity index (χ1n) is 7.04. The summed E-state index contributed by atoms with van der Waals surface area (Å²) in [5.74, 6) is -0.815. The van der Waals surface area contributed by atoms with E-state index in [9.17, 15) is 9.59 Å². The minimum absolute atomic E-state index is 0.00368. The van der Waals surface area contributed by atoms with Crippen molar-refractivity contribution < 1.29 is 23.8 Å². The van der Waals surface area contributed by atoms with E-state index in [1.54, 1.807) is 30.3 Å². The molecule has 1 aromatic carbocycles. The van der Waals surface area contributed by atoms with E-state index in [1.165, 1.54) is 4.90 Å². The third kappa shape index (κ3) is 3.23. The Balaban J connectivity index is 1.79. The highest BCUT2D eigenvalue weighted by Crippen LogP contribution is 2.29. The van der Waals surface area contributed by atoms with Crippen molar-refractivity contribution in [1.82, 2.24) is 4.90 Å². The summed E-state index contributed by atoms with van der Waals surface area (Å²) in [5, 5.41) is 9.52. The summed E-state index contributed by atoms with van der Waals surface area (Å²) < 4.78 is 10.7. The molecule has 2 aromatic rings. The predicted octanol–water partition coefficient (Wildman–Crippen LogP) is 2.53. The molecule has 1 aliphatic rings. The maximum Gasteiger partial charge on any atom is 0.334 e. The lowest BCUT2D eigenvalue weighted by Crippen LogP contribution is -2.48. The number of furan rings is 1. The Morgan fingerprint density at radius 1 is 1.22 bits per heavy atom. The van der Waals surface area contributed by atoms with E-state index < -0.39 is 12.1 Å². The van der Waals surface area contributed by atoms with E-state index in [-0.39, 0.29) is 24.8 Å². The number of ether oxygens (including phenoxy) is 1. The number of morpholine rings is 1. The van der Waals surface area contributed by atoms with Gasteiger partial charge in [0.2, 0.25) is 0 Å². The van der Waals surface area contributed by atoms with Gasteiger partial charge in [0.15, 0.2) is 11.9 Å². The van der Waals surface area contributed by atoms with Crippen molar-refractivity contribution in [2.24, 2.45) is 0 Å². The molecule has 0 spiro atoms. The maximum atomic E-state index is 12.4. The van der Waals surface area contributed by atoms with E-state index >= 15 is 0 Å². The summed E-state index contributed by atoms with van der Waals surface area (Å²) in [6, 6.07) is 10.4. The molecule has 23 heavy (non-hydrogen) atoms. The molecular weight excluding hydrogens is 322 g/mol. The van der Waals surface area contributed by atoms with Crippen LogP contribution in [0.5, 0.6) is 0 Å². The van der Waals surface area contributed by atoms with Gasteiger partial charge in [-0.05, 0) is 24.3 Å². The zero-order chi connectivity index (χ0) is 16.4. The van der Waals surface area contributed by atoms with Crippen molar-refractivity contribution in [1.29, 1.82) is 0 Å². The van der Waals surface area contributed by atoms with Crippen LogP contribution in [0, 0.1) is 0 Å². The van der Waals surface area contributed by atoms with Crippen LogP contribution in [-0.4, -0.2) is 47.7 Å².